The van der Waals surface area contributed by atoms with Crippen molar-refractivity contribution in [2.75, 3.05) is 0 Å². The predicted molar refractivity (Wildman–Crippen MR) is 83.0 cm³/mol. The molecule has 106 valence electrons. The Morgan fingerprint density at radius 3 is 2.67 bits per heavy atom. The molecule has 2 heterocycles. The monoisotopic (exact) mass is 297 g/mol. The average molecular weight is 297 g/mol. The molecule has 0 bridgehead atoms. The molecule has 0 spiro atoms. The second-order valence-corrected chi connectivity index (χ2v) is 5.74. The molecule has 0 aliphatic carbocycles. The summed E-state index contributed by atoms with van der Waals surface area (Å²) in [6, 6.07) is 10.0. The second kappa shape index (κ2) is 6.11. The Balaban J connectivity index is 1.74. The van der Waals surface area contributed by atoms with Crippen molar-refractivity contribution in [3.05, 3.63) is 64.5 Å². The highest BCUT2D eigenvalue weighted by atomic mass is 32.1. The van der Waals surface area contributed by atoms with Gasteiger partial charge in [-0.25, -0.2) is 4.98 Å². The lowest BCUT2D eigenvalue weighted by Crippen LogP contribution is -2.05. The smallest absolute Gasteiger partial charge is 0.104 e. The van der Waals surface area contributed by atoms with Crippen molar-refractivity contribution in [3.8, 4) is 11.3 Å². The zero-order chi connectivity index (χ0) is 14.7. The minimum Gasteiger partial charge on any atom is -0.386 e. The Labute approximate surface area is 127 Å². The topological polar surface area (TPSA) is 58.9 Å². The van der Waals surface area contributed by atoms with Crippen molar-refractivity contribution >= 4 is 11.3 Å². The van der Waals surface area contributed by atoms with Gasteiger partial charge in [0.15, 0.2) is 0 Å². The molecule has 3 aromatic rings. The SMILES string of the molecule is Cc1cnc(C(O)Cc2nc(-c3ccccc3)cs2)cn1. The van der Waals surface area contributed by atoms with E-state index in [0.29, 0.717) is 12.1 Å². The van der Waals surface area contributed by atoms with E-state index in [4.69, 9.17) is 0 Å². The highest BCUT2D eigenvalue weighted by Gasteiger charge is 2.13. The molecular weight excluding hydrogens is 282 g/mol. The molecule has 4 nitrogen and oxygen atoms in total. The normalized spacial score (nSPS) is 12.3. The molecule has 21 heavy (non-hydrogen) atoms. The molecule has 2 aromatic heterocycles. The van der Waals surface area contributed by atoms with E-state index in [9.17, 15) is 5.11 Å². The molecule has 0 saturated heterocycles. The third kappa shape index (κ3) is 3.32. The van der Waals surface area contributed by atoms with Gasteiger partial charge in [0, 0.05) is 23.6 Å². The summed E-state index contributed by atoms with van der Waals surface area (Å²) in [7, 11) is 0. The standard InChI is InChI=1S/C16H15N3OS/c1-11-8-18-13(9-17-11)15(20)7-16-19-14(10-21-16)12-5-3-2-4-6-12/h2-6,8-10,15,20H,7H2,1H3. The Morgan fingerprint density at radius 1 is 1.14 bits per heavy atom. The number of benzene rings is 1. The Morgan fingerprint density at radius 2 is 1.95 bits per heavy atom. The van der Waals surface area contributed by atoms with Gasteiger partial charge < -0.3 is 5.11 Å². The first-order valence-corrected chi connectivity index (χ1v) is 7.57. The fourth-order valence-electron chi connectivity index (χ4n) is 1.99. The number of aromatic nitrogens is 3. The highest BCUT2D eigenvalue weighted by molar-refractivity contribution is 7.09. The molecule has 0 aliphatic rings. The predicted octanol–water partition coefficient (Wildman–Crippen LogP) is 3.18. The zero-order valence-electron chi connectivity index (χ0n) is 11.6. The van der Waals surface area contributed by atoms with Crippen LogP contribution in [0.15, 0.2) is 48.1 Å². The molecule has 0 aliphatic heterocycles. The Hall–Kier alpha value is -2.11. The van der Waals surface area contributed by atoms with Crippen LogP contribution in [0.1, 0.15) is 22.5 Å². The number of nitrogens with zero attached hydrogens (tertiary/aromatic N) is 3. The Bertz CT molecular complexity index is 710. The molecule has 3 rings (SSSR count). The number of aliphatic hydroxyl groups excluding tert-OH is 1. The number of thiazole rings is 1. The van der Waals surface area contributed by atoms with Crippen molar-refractivity contribution in [2.45, 2.75) is 19.4 Å². The van der Waals surface area contributed by atoms with E-state index in [1.165, 1.54) is 0 Å². The van der Waals surface area contributed by atoms with Crippen LogP contribution in [0.4, 0.5) is 0 Å². The molecule has 1 unspecified atom stereocenters. The zero-order valence-corrected chi connectivity index (χ0v) is 12.4. The molecule has 0 fully saturated rings. The van der Waals surface area contributed by atoms with Gasteiger partial charge in [0.1, 0.15) is 6.10 Å². The van der Waals surface area contributed by atoms with E-state index in [1.54, 1.807) is 23.7 Å². The lowest BCUT2D eigenvalue weighted by atomic mass is 10.2. The summed E-state index contributed by atoms with van der Waals surface area (Å²) in [6.45, 7) is 1.87. The maximum atomic E-state index is 10.2. The summed E-state index contributed by atoms with van der Waals surface area (Å²) in [6.07, 6.45) is 3.06. The molecule has 1 N–H and O–H groups in total. The third-order valence-electron chi connectivity index (χ3n) is 3.13. The molecule has 1 atom stereocenters. The van der Waals surface area contributed by atoms with Gasteiger partial charge in [-0.2, -0.15) is 0 Å². The van der Waals surface area contributed by atoms with E-state index in [2.05, 4.69) is 15.0 Å². The van der Waals surface area contributed by atoms with Crippen LogP contribution in [0, 0.1) is 6.92 Å². The van der Waals surface area contributed by atoms with Crippen LogP contribution in [-0.4, -0.2) is 20.1 Å². The molecule has 5 heteroatoms. The third-order valence-corrected chi connectivity index (χ3v) is 4.00. The first-order valence-electron chi connectivity index (χ1n) is 6.69. The molecule has 0 radical (unpaired) electrons. The van der Waals surface area contributed by atoms with Crippen molar-refractivity contribution in [2.24, 2.45) is 0 Å². The first kappa shape index (κ1) is 13.9. The van der Waals surface area contributed by atoms with Crippen molar-refractivity contribution < 1.29 is 5.11 Å². The minimum absolute atomic E-state index is 0.454. The van der Waals surface area contributed by atoms with E-state index in [1.807, 2.05) is 42.6 Å². The van der Waals surface area contributed by atoms with E-state index in [0.717, 1.165) is 22.0 Å². The van der Waals surface area contributed by atoms with Crippen molar-refractivity contribution in [3.63, 3.8) is 0 Å². The first-order chi connectivity index (χ1) is 10.2. The Kier molecular flexibility index (Phi) is 4.03. The van der Waals surface area contributed by atoms with E-state index >= 15 is 0 Å². The lowest BCUT2D eigenvalue weighted by Gasteiger charge is -2.07. The number of aliphatic hydroxyl groups is 1. The summed E-state index contributed by atoms with van der Waals surface area (Å²) in [5.41, 5.74) is 3.45. The summed E-state index contributed by atoms with van der Waals surface area (Å²) in [5.74, 6) is 0. The summed E-state index contributed by atoms with van der Waals surface area (Å²) >= 11 is 1.55. The largest absolute Gasteiger partial charge is 0.386 e. The van der Waals surface area contributed by atoms with Crippen LogP contribution in [-0.2, 0) is 6.42 Å². The summed E-state index contributed by atoms with van der Waals surface area (Å²) < 4.78 is 0. The van der Waals surface area contributed by atoms with Gasteiger partial charge in [0.05, 0.1) is 28.3 Å². The van der Waals surface area contributed by atoms with Gasteiger partial charge in [-0.1, -0.05) is 30.3 Å². The van der Waals surface area contributed by atoms with E-state index in [-0.39, 0.29) is 0 Å². The van der Waals surface area contributed by atoms with Crippen LogP contribution < -0.4 is 0 Å². The summed E-state index contributed by atoms with van der Waals surface area (Å²) in [5, 5.41) is 13.1. The van der Waals surface area contributed by atoms with Crippen LogP contribution >= 0.6 is 11.3 Å². The highest BCUT2D eigenvalue weighted by Crippen LogP contribution is 2.24. The van der Waals surface area contributed by atoms with Gasteiger partial charge in [0.2, 0.25) is 0 Å². The van der Waals surface area contributed by atoms with Gasteiger partial charge in [0.25, 0.3) is 0 Å². The van der Waals surface area contributed by atoms with Gasteiger partial charge >= 0.3 is 0 Å². The number of rotatable bonds is 4. The van der Waals surface area contributed by atoms with Crippen molar-refractivity contribution in [1.82, 2.24) is 15.0 Å². The minimum atomic E-state index is -0.673. The second-order valence-electron chi connectivity index (χ2n) is 4.80. The summed E-state index contributed by atoms with van der Waals surface area (Å²) in [4.78, 5) is 12.9. The molecule has 0 amide bonds. The maximum Gasteiger partial charge on any atom is 0.104 e. The van der Waals surface area contributed by atoms with E-state index < -0.39 is 6.10 Å². The van der Waals surface area contributed by atoms with Crippen LogP contribution in [0.2, 0.25) is 0 Å². The van der Waals surface area contributed by atoms with Crippen LogP contribution in [0.5, 0.6) is 0 Å². The average Bonchev–Trinajstić information content (AvgIpc) is 2.97. The molecule has 1 aromatic carbocycles. The van der Waals surface area contributed by atoms with Gasteiger partial charge in [-0.15, -0.1) is 11.3 Å². The lowest BCUT2D eigenvalue weighted by molar-refractivity contribution is 0.173. The fourth-order valence-corrected chi connectivity index (χ4v) is 2.83. The quantitative estimate of drug-likeness (QED) is 0.803. The van der Waals surface area contributed by atoms with Crippen molar-refractivity contribution in [1.29, 1.82) is 0 Å². The number of hydrogen-bond donors (Lipinski definition) is 1. The van der Waals surface area contributed by atoms with Crippen LogP contribution in [0.3, 0.4) is 0 Å². The van der Waals surface area contributed by atoms with Gasteiger partial charge in [-0.3, -0.25) is 9.97 Å². The molecule has 0 saturated carbocycles. The molecular formula is C16H15N3OS. The number of aryl methyl sites for hydroxylation is 1. The fraction of sp³-hybridized carbons (Fsp3) is 0.188. The number of hydrogen-bond acceptors (Lipinski definition) is 5. The van der Waals surface area contributed by atoms with Gasteiger partial charge in [-0.05, 0) is 6.92 Å². The van der Waals surface area contributed by atoms with Crippen LogP contribution in [0.25, 0.3) is 11.3 Å². The maximum absolute atomic E-state index is 10.2.